The van der Waals surface area contributed by atoms with E-state index in [1.54, 1.807) is 6.07 Å². The molecule has 4 nitrogen and oxygen atoms in total. The SMILES string of the molecule is CNCC1CCCN1CC(=O)Nc1cc(Cl)c(Cl)cc1Cl.Cl. The molecule has 22 heavy (non-hydrogen) atoms. The summed E-state index contributed by atoms with van der Waals surface area (Å²) in [5.74, 6) is -0.0988. The molecule has 1 aromatic rings. The van der Waals surface area contributed by atoms with Crippen LogP contribution in [0.3, 0.4) is 0 Å². The largest absolute Gasteiger partial charge is 0.324 e. The first-order valence-corrected chi connectivity index (χ1v) is 7.97. The number of anilines is 1. The number of hydrogen-bond acceptors (Lipinski definition) is 3. The molecular weight excluding hydrogens is 368 g/mol. The lowest BCUT2D eigenvalue weighted by Crippen LogP contribution is -2.41. The third kappa shape index (κ3) is 5.15. The summed E-state index contributed by atoms with van der Waals surface area (Å²) in [6, 6.07) is 3.50. The van der Waals surface area contributed by atoms with Crippen LogP contribution in [0.25, 0.3) is 0 Å². The minimum absolute atomic E-state index is 0. The summed E-state index contributed by atoms with van der Waals surface area (Å²) in [5, 5.41) is 7.07. The van der Waals surface area contributed by atoms with Crippen molar-refractivity contribution in [2.75, 3.05) is 32.0 Å². The number of carbonyl (C=O) groups is 1. The van der Waals surface area contributed by atoms with Gasteiger partial charge in [-0.15, -0.1) is 12.4 Å². The molecule has 1 aromatic carbocycles. The predicted octanol–water partition coefficient (Wildman–Crippen LogP) is 3.69. The van der Waals surface area contributed by atoms with E-state index in [1.807, 2.05) is 7.05 Å². The Kier molecular flexibility index (Phi) is 8.25. The summed E-state index contributed by atoms with van der Waals surface area (Å²) in [7, 11) is 1.92. The van der Waals surface area contributed by atoms with Gasteiger partial charge in [-0.1, -0.05) is 34.8 Å². The van der Waals surface area contributed by atoms with Gasteiger partial charge in [0, 0.05) is 12.6 Å². The fraction of sp³-hybridized carbons (Fsp3) is 0.500. The zero-order chi connectivity index (χ0) is 15.4. The molecule has 1 amide bonds. The molecule has 0 spiro atoms. The van der Waals surface area contributed by atoms with Crippen molar-refractivity contribution in [1.29, 1.82) is 0 Å². The molecule has 1 aliphatic heterocycles. The van der Waals surface area contributed by atoms with E-state index in [-0.39, 0.29) is 18.3 Å². The van der Waals surface area contributed by atoms with Crippen molar-refractivity contribution in [1.82, 2.24) is 10.2 Å². The molecule has 1 heterocycles. The van der Waals surface area contributed by atoms with Crippen molar-refractivity contribution in [3.63, 3.8) is 0 Å². The average Bonchev–Trinajstić information content (AvgIpc) is 2.84. The van der Waals surface area contributed by atoms with E-state index in [0.717, 1.165) is 25.9 Å². The topological polar surface area (TPSA) is 44.4 Å². The minimum atomic E-state index is -0.0988. The number of likely N-dealkylation sites (tertiary alicyclic amines) is 1. The van der Waals surface area contributed by atoms with Crippen molar-refractivity contribution in [2.45, 2.75) is 18.9 Å². The van der Waals surface area contributed by atoms with Gasteiger partial charge in [0.25, 0.3) is 0 Å². The molecule has 0 aromatic heterocycles. The molecule has 1 unspecified atom stereocenters. The van der Waals surface area contributed by atoms with Gasteiger partial charge in [-0.25, -0.2) is 0 Å². The lowest BCUT2D eigenvalue weighted by atomic mass is 10.2. The number of nitrogens with one attached hydrogen (secondary N) is 2. The second-order valence-electron chi connectivity index (χ2n) is 5.12. The van der Waals surface area contributed by atoms with E-state index in [1.165, 1.54) is 6.07 Å². The lowest BCUT2D eigenvalue weighted by Gasteiger charge is -2.23. The van der Waals surface area contributed by atoms with Crippen LogP contribution in [0.4, 0.5) is 5.69 Å². The standard InChI is InChI=1S/C14H18Cl3N3O.ClH/c1-18-7-9-3-2-4-20(9)8-14(21)19-13-6-11(16)10(15)5-12(13)17;/h5-6,9,18H,2-4,7-8H2,1H3,(H,19,21);1H. The van der Waals surface area contributed by atoms with Crippen LogP contribution in [0.1, 0.15) is 12.8 Å². The molecule has 0 saturated carbocycles. The Morgan fingerprint density at radius 3 is 2.64 bits per heavy atom. The van der Waals surface area contributed by atoms with Crippen molar-refractivity contribution < 1.29 is 4.79 Å². The van der Waals surface area contributed by atoms with Crippen LogP contribution in [0, 0.1) is 0 Å². The molecule has 1 atom stereocenters. The fourth-order valence-corrected chi connectivity index (χ4v) is 3.16. The van der Waals surface area contributed by atoms with E-state index in [4.69, 9.17) is 34.8 Å². The second-order valence-corrected chi connectivity index (χ2v) is 6.34. The predicted molar refractivity (Wildman–Crippen MR) is 95.9 cm³/mol. The Balaban J connectivity index is 0.00000242. The first-order valence-electron chi connectivity index (χ1n) is 6.84. The number of amides is 1. The maximum absolute atomic E-state index is 12.2. The monoisotopic (exact) mass is 385 g/mol. The lowest BCUT2D eigenvalue weighted by molar-refractivity contribution is -0.117. The zero-order valence-corrected chi connectivity index (χ0v) is 15.2. The third-order valence-electron chi connectivity index (χ3n) is 3.57. The molecule has 2 N–H and O–H groups in total. The second kappa shape index (κ2) is 9.16. The Morgan fingerprint density at radius 1 is 1.27 bits per heavy atom. The number of likely N-dealkylation sites (N-methyl/N-ethyl adjacent to an activating group) is 1. The smallest absolute Gasteiger partial charge is 0.238 e. The van der Waals surface area contributed by atoms with Gasteiger partial charge in [0.2, 0.25) is 5.91 Å². The van der Waals surface area contributed by atoms with Gasteiger partial charge in [0.05, 0.1) is 27.3 Å². The highest BCUT2D eigenvalue weighted by molar-refractivity contribution is 6.44. The molecule has 0 bridgehead atoms. The number of hydrogen-bond donors (Lipinski definition) is 2. The minimum Gasteiger partial charge on any atom is -0.324 e. The van der Waals surface area contributed by atoms with Crippen LogP contribution in [-0.2, 0) is 4.79 Å². The quantitative estimate of drug-likeness (QED) is 0.758. The van der Waals surface area contributed by atoms with Crippen LogP contribution in [-0.4, -0.2) is 43.5 Å². The van der Waals surface area contributed by atoms with Crippen molar-refractivity contribution in [3.8, 4) is 0 Å². The summed E-state index contributed by atoms with van der Waals surface area (Å²) in [4.78, 5) is 14.3. The van der Waals surface area contributed by atoms with Gasteiger partial charge < -0.3 is 10.6 Å². The maximum atomic E-state index is 12.2. The van der Waals surface area contributed by atoms with Crippen LogP contribution >= 0.6 is 47.2 Å². The van der Waals surface area contributed by atoms with E-state index in [9.17, 15) is 4.79 Å². The first kappa shape index (κ1) is 19.8. The molecule has 1 fully saturated rings. The summed E-state index contributed by atoms with van der Waals surface area (Å²) in [5.41, 5.74) is 0.487. The van der Waals surface area contributed by atoms with Crippen LogP contribution < -0.4 is 10.6 Å². The number of benzene rings is 1. The van der Waals surface area contributed by atoms with Gasteiger partial charge in [-0.2, -0.15) is 0 Å². The Hall–Kier alpha value is -0.230. The van der Waals surface area contributed by atoms with Crippen LogP contribution in [0.15, 0.2) is 12.1 Å². The van der Waals surface area contributed by atoms with Crippen molar-refractivity contribution >= 4 is 58.8 Å². The molecule has 124 valence electrons. The highest BCUT2D eigenvalue weighted by Gasteiger charge is 2.25. The highest BCUT2D eigenvalue weighted by atomic mass is 35.5. The van der Waals surface area contributed by atoms with Crippen molar-refractivity contribution in [3.05, 3.63) is 27.2 Å². The molecule has 8 heteroatoms. The Bertz CT molecular complexity index is 527. The van der Waals surface area contributed by atoms with Gasteiger partial charge >= 0.3 is 0 Å². The average molecular weight is 387 g/mol. The number of halogens is 4. The number of nitrogens with zero attached hydrogens (tertiary/aromatic N) is 1. The molecule has 1 saturated heterocycles. The number of carbonyl (C=O) groups excluding carboxylic acids is 1. The molecule has 0 aliphatic carbocycles. The van der Waals surface area contributed by atoms with E-state index in [2.05, 4.69) is 15.5 Å². The highest BCUT2D eigenvalue weighted by Crippen LogP contribution is 2.32. The van der Waals surface area contributed by atoms with Crippen molar-refractivity contribution in [2.24, 2.45) is 0 Å². The van der Waals surface area contributed by atoms with Gasteiger partial charge in [-0.3, -0.25) is 9.69 Å². The normalized spacial score (nSPS) is 18.1. The fourth-order valence-electron chi connectivity index (χ4n) is 2.56. The zero-order valence-electron chi connectivity index (χ0n) is 12.2. The van der Waals surface area contributed by atoms with Gasteiger partial charge in [0.15, 0.2) is 0 Å². The molecule has 2 rings (SSSR count). The summed E-state index contributed by atoms with van der Waals surface area (Å²) >= 11 is 17.9. The molecule has 0 radical (unpaired) electrons. The van der Waals surface area contributed by atoms with Crippen LogP contribution in [0.5, 0.6) is 0 Å². The third-order valence-corrected chi connectivity index (χ3v) is 4.60. The molecular formula is C14H19Cl4N3O. The van der Waals surface area contributed by atoms with E-state index in [0.29, 0.717) is 33.3 Å². The summed E-state index contributed by atoms with van der Waals surface area (Å²) in [6.07, 6.45) is 2.23. The van der Waals surface area contributed by atoms with Crippen LogP contribution in [0.2, 0.25) is 15.1 Å². The maximum Gasteiger partial charge on any atom is 0.238 e. The first-order chi connectivity index (χ1) is 10.0. The Labute approximate surface area is 151 Å². The van der Waals surface area contributed by atoms with Gasteiger partial charge in [0.1, 0.15) is 0 Å². The number of rotatable bonds is 5. The van der Waals surface area contributed by atoms with E-state index < -0.39 is 0 Å². The Morgan fingerprint density at radius 2 is 1.95 bits per heavy atom. The van der Waals surface area contributed by atoms with Gasteiger partial charge in [-0.05, 0) is 38.6 Å². The van der Waals surface area contributed by atoms with E-state index >= 15 is 0 Å². The molecule has 1 aliphatic rings. The summed E-state index contributed by atoms with van der Waals surface area (Å²) in [6.45, 7) is 2.18. The summed E-state index contributed by atoms with van der Waals surface area (Å²) < 4.78 is 0.